The van der Waals surface area contributed by atoms with Crippen LogP contribution in [0.1, 0.15) is 0 Å². The Kier molecular flexibility index (Phi) is 4.74. The van der Waals surface area contributed by atoms with E-state index in [4.69, 9.17) is 9.97 Å². The minimum absolute atomic E-state index is 0.685. The summed E-state index contributed by atoms with van der Waals surface area (Å²) in [5.74, 6) is 0.685. The summed E-state index contributed by atoms with van der Waals surface area (Å²) in [6.45, 7) is 0. The van der Waals surface area contributed by atoms with E-state index >= 15 is 0 Å². The van der Waals surface area contributed by atoms with Gasteiger partial charge in [0.15, 0.2) is 0 Å². The van der Waals surface area contributed by atoms with Crippen LogP contribution in [0.2, 0.25) is 0 Å². The lowest BCUT2D eigenvalue weighted by atomic mass is 10.0. The van der Waals surface area contributed by atoms with Crippen molar-refractivity contribution in [2.75, 3.05) is 0 Å². The molecule has 0 amide bonds. The summed E-state index contributed by atoms with van der Waals surface area (Å²) < 4.78 is 5.61. The smallest absolute Gasteiger partial charge is 0.235 e. The Morgan fingerprint density at radius 1 is 0.561 bits per heavy atom. The van der Waals surface area contributed by atoms with Gasteiger partial charge in [-0.15, -0.1) is 11.3 Å². The molecule has 4 nitrogen and oxygen atoms in total. The number of aromatic nitrogens is 4. The fourth-order valence-electron chi connectivity index (χ4n) is 6.26. The highest BCUT2D eigenvalue weighted by Crippen LogP contribution is 2.39. The molecule has 0 N–H and O–H groups in total. The van der Waals surface area contributed by atoms with E-state index in [0.717, 1.165) is 43.7 Å². The molecule has 5 heteroatoms. The van der Waals surface area contributed by atoms with Crippen molar-refractivity contribution >= 4 is 65.0 Å². The molecule has 5 aromatic carbocycles. The topological polar surface area (TPSA) is 35.6 Å². The van der Waals surface area contributed by atoms with Gasteiger partial charge in [0, 0.05) is 33.6 Å². The standard InChI is InChI=1S/C36H22N4S/c1-2-11-24(12-3-1)39-21-19-29-31(39)18-17-28-26-14-6-7-16-32(26)40(34(28)29)36-37-30-20-22-41-35(30)33(38-36)27-15-8-10-23-9-4-5-13-25(23)27/h1-22H. The lowest BCUT2D eigenvalue weighted by molar-refractivity contribution is 1.02. The van der Waals surface area contributed by atoms with Crippen molar-refractivity contribution in [2.45, 2.75) is 0 Å². The molecule has 0 aliphatic rings. The van der Waals surface area contributed by atoms with Crippen molar-refractivity contribution in [2.24, 2.45) is 0 Å². The Morgan fingerprint density at radius 3 is 2.29 bits per heavy atom. The molecule has 0 bridgehead atoms. The van der Waals surface area contributed by atoms with Gasteiger partial charge in [0.2, 0.25) is 5.95 Å². The summed E-state index contributed by atoms with van der Waals surface area (Å²) in [6.07, 6.45) is 2.16. The largest absolute Gasteiger partial charge is 0.316 e. The highest BCUT2D eigenvalue weighted by atomic mass is 32.1. The second-order valence-corrected chi connectivity index (χ2v) is 11.2. The quantitative estimate of drug-likeness (QED) is 0.223. The number of hydrogen-bond acceptors (Lipinski definition) is 3. The van der Waals surface area contributed by atoms with Crippen molar-refractivity contribution in [1.82, 2.24) is 19.1 Å². The molecule has 0 saturated carbocycles. The van der Waals surface area contributed by atoms with Crippen LogP contribution in [0.5, 0.6) is 0 Å². The van der Waals surface area contributed by atoms with Gasteiger partial charge in [-0.2, -0.15) is 0 Å². The molecule has 192 valence electrons. The van der Waals surface area contributed by atoms with Crippen LogP contribution in [0.3, 0.4) is 0 Å². The highest BCUT2D eigenvalue weighted by molar-refractivity contribution is 7.17. The predicted molar refractivity (Wildman–Crippen MR) is 172 cm³/mol. The Balaban J connectivity index is 1.40. The average Bonchev–Trinajstić information content (AvgIpc) is 3.76. The average molecular weight is 543 g/mol. The number of thiophene rings is 1. The van der Waals surface area contributed by atoms with Crippen molar-refractivity contribution in [3.05, 3.63) is 133 Å². The van der Waals surface area contributed by atoms with Gasteiger partial charge in [-0.3, -0.25) is 4.57 Å². The SMILES string of the molecule is c1ccc(-n2ccc3c2ccc2c4ccccc4n(-c4nc(-c5cccc6ccccc56)c5sccc5n4)c23)cc1. The number of nitrogens with zero attached hydrogens (tertiary/aromatic N) is 4. The molecular weight excluding hydrogens is 520 g/mol. The molecule has 4 aromatic heterocycles. The van der Waals surface area contributed by atoms with Gasteiger partial charge < -0.3 is 4.57 Å². The first-order chi connectivity index (χ1) is 20.3. The fourth-order valence-corrected chi connectivity index (χ4v) is 7.10. The minimum Gasteiger partial charge on any atom is -0.316 e. The third-order valence-corrected chi connectivity index (χ3v) is 8.98. The predicted octanol–water partition coefficient (Wildman–Crippen LogP) is 9.55. The Bertz CT molecular complexity index is 2420. The Labute approximate surface area is 239 Å². The summed E-state index contributed by atoms with van der Waals surface area (Å²) in [6, 6.07) is 42.8. The van der Waals surface area contributed by atoms with Crippen LogP contribution >= 0.6 is 11.3 Å². The molecule has 0 spiro atoms. The van der Waals surface area contributed by atoms with E-state index in [2.05, 4.69) is 142 Å². The number of benzene rings is 5. The number of fused-ring (bicyclic) bond motifs is 7. The van der Waals surface area contributed by atoms with Crippen LogP contribution in [0.15, 0.2) is 133 Å². The van der Waals surface area contributed by atoms with E-state index in [0.29, 0.717) is 5.95 Å². The van der Waals surface area contributed by atoms with Crippen LogP contribution in [0, 0.1) is 0 Å². The number of para-hydroxylation sites is 2. The van der Waals surface area contributed by atoms with Crippen LogP contribution in [-0.4, -0.2) is 19.1 Å². The van der Waals surface area contributed by atoms with E-state index in [9.17, 15) is 0 Å². The zero-order chi connectivity index (χ0) is 26.9. The normalized spacial score (nSPS) is 11.9. The molecule has 0 atom stereocenters. The summed E-state index contributed by atoms with van der Waals surface area (Å²) in [5.41, 5.74) is 7.56. The third-order valence-electron chi connectivity index (χ3n) is 8.07. The molecule has 4 heterocycles. The maximum Gasteiger partial charge on any atom is 0.235 e. The molecule has 0 saturated heterocycles. The summed E-state index contributed by atoms with van der Waals surface area (Å²) >= 11 is 1.70. The van der Waals surface area contributed by atoms with E-state index in [-0.39, 0.29) is 0 Å². The molecule has 0 unspecified atom stereocenters. The zero-order valence-corrected chi connectivity index (χ0v) is 22.7. The lowest BCUT2D eigenvalue weighted by Crippen LogP contribution is -2.03. The molecule has 0 aliphatic carbocycles. The molecule has 9 aromatic rings. The van der Waals surface area contributed by atoms with Crippen LogP contribution < -0.4 is 0 Å². The van der Waals surface area contributed by atoms with Crippen LogP contribution in [-0.2, 0) is 0 Å². The van der Waals surface area contributed by atoms with E-state index < -0.39 is 0 Å². The van der Waals surface area contributed by atoms with Crippen molar-refractivity contribution in [1.29, 1.82) is 0 Å². The fraction of sp³-hybridized carbons (Fsp3) is 0. The van der Waals surface area contributed by atoms with Gasteiger partial charge in [-0.1, -0.05) is 84.9 Å². The van der Waals surface area contributed by atoms with Crippen molar-refractivity contribution in [3.63, 3.8) is 0 Å². The van der Waals surface area contributed by atoms with Gasteiger partial charge in [0.25, 0.3) is 0 Å². The highest BCUT2D eigenvalue weighted by Gasteiger charge is 2.21. The third kappa shape index (κ3) is 3.27. The Morgan fingerprint density at radius 2 is 1.37 bits per heavy atom. The van der Waals surface area contributed by atoms with Crippen molar-refractivity contribution in [3.8, 4) is 22.9 Å². The molecule has 9 rings (SSSR count). The van der Waals surface area contributed by atoms with Crippen LogP contribution in [0.4, 0.5) is 0 Å². The molecule has 0 fully saturated rings. The van der Waals surface area contributed by atoms with E-state index in [1.54, 1.807) is 11.3 Å². The zero-order valence-electron chi connectivity index (χ0n) is 21.9. The van der Waals surface area contributed by atoms with Gasteiger partial charge in [-0.25, -0.2) is 9.97 Å². The molecule has 0 aliphatic heterocycles. The van der Waals surface area contributed by atoms with Gasteiger partial charge >= 0.3 is 0 Å². The van der Waals surface area contributed by atoms with Crippen molar-refractivity contribution < 1.29 is 0 Å². The summed E-state index contributed by atoms with van der Waals surface area (Å²) in [7, 11) is 0. The van der Waals surface area contributed by atoms with E-state index in [1.165, 1.54) is 26.9 Å². The number of hydrogen-bond donors (Lipinski definition) is 0. The first-order valence-corrected chi connectivity index (χ1v) is 14.6. The molecule has 0 radical (unpaired) electrons. The molecule has 41 heavy (non-hydrogen) atoms. The van der Waals surface area contributed by atoms with Gasteiger partial charge in [-0.05, 0) is 52.6 Å². The Hall–Kier alpha value is -5.26. The second-order valence-electron chi connectivity index (χ2n) is 10.3. The maximum atomic E-state index is 5.36. The van der Waals surface area contributed by atoms with E-state index in [1.807, 2.05) is 0 Å². The van der Waals surface area contributed by atoms with Crippen LogP contribution in [0.25, 0.3) is 76.6 Å². The monoisotopic (exact) mass is 542 g/mol. The number of rotatable bonds is 3. The molecular formula is C36H22N4S. The first kappa shape index (κ1) is 22.5. The minimum atomic E-state index is 0.685. The summed E-state index contributed by atoms with van der Waals surface area (Å²) in [5, 5.41) is 8.07. The first-order valence-electron chi connectivity index (χ1n) is 13.7. The second kappa shape index (κ2) is 8.62. The maximum absolute atomic E-state index is 5.36. The van der Waals surface area contributed by atoms with Gasteiger partial charge in [0.05, 0.1) is 32.5 Å². The lowest BCUT2D eigenvalue weighted by Gasteiger charge is -2.12. The van der Waals surface area contributed by atoms with Gasteiger partial charge in [0.1, 0.15) is 0 Å². The summed E-state index contributed by atoms with van der Waals surface area (Å²) in [4.78, 5) is 10.5.